The lowest BCUT2D eigenvalue weighted by Crippen LogP contribution is -2.24. The molecule has 15 heavy (non-hydrogen) atoms. The fraction of sp³-hybridized carbons (Fsp3) is 0.300. The molecule has 0 radical (unpaired) electrons. The average Bonchev–Trinajstić information content (AvgIpc) is 2.65. The number of amides is 1. The van der Waals surface area contributed by atoms with Crippen molar-refractivity contribution in [1.29, 1.82) is 0 Å². The molecule has 1 amide bonds. The van der Waals surface area contributed by atoms with Crippen LogP contribution in [-0.4, -0.2) is 11.9 Å². The normalized spacial score (nSPS) is 13.2. The van der Waals surface area contributed by atoms with Crippen molar-refractivity contribution < 1.29 is 14.6 Å². The number of rotatable bonds is 2. The largest absolute Gasteiger partial charge is 0.337 e. The number of halogens is 1. The van der Waals surface area contributed by atoms with E-state index in [1.165, 1.54) is 4.90 Å². The highest BCUT2D eigenvalue weighted by atomic mass is 35.5. The van der Waals surface area contributed by atoms with Crippen LogP contribution < -0.4 is 9.79 Å². The highest BCUT2D eigenvalue weighted by molar-refractivity contribution is 6.66. The summed E-state index contributed by atoms with van der Waals surface area (Å²) in [6.07, 6.45) is 0. The van der Waals surface area contributed by atoms with Crippen molar-refractivity contribution in [3.05, 3.63) is 23.8 Å². The lowest BCUT2D eigenvalue weighted by Gasteiger charge is -2.17. The number of carbonyl (C=O) groups is 1. The van der Waals surface area contributed by atoms with Crippen molar-refractivity contribution in [3.8, 4) is 5.75 Å². The molecule has 0 aromatic heterocycles. The highest BCUT2D eigenvalue weighted by Crippen LogP contribution is 2.30. The maximum atomic E-state index is 11.1. The minimum Gasteiger partial charge on any atom is -0.337 e. The molecule has 1 aliphatic rings. The first-order chi connectivity index (χ1) is 7.22. The average molecular weight is 228 g/mol. The van der Waals surface area contributed by atoms with Crippen LogP contribution >= 0.6 is 11.6 Å². The van der Waals surface area contributed by atoms with Crippen LogP contribution in [0.2, 0.25) is 0 Å². The number of hydrogen-bond acceptors (Lipinski definition) is 3. The zero-order valence-electron chi connectivity index (χ0n) is 8.20. The summed E-state index contributed by atoms with van der Waals surface area (Å²) in [6.45, 7) is 2.81. The zero-order valence-corrected chi connectivity index (χ0v) is 8.95. The minimum atomic E-state index is -0.503. The van der Waals surface area contributed by atoms with Crippen LogP contribution in [0, 0.1) is 0 Å². The maximum absolute atomic E-state index is 11.1. The standard InChI is InChI=1S/C10H10ClNO3/c1-2-12(10(11)13)8-4-3-7-6-14-15-9(7)5-8/h3-5H,2,6H2,1H3. The summed E-state index contributed by atoms with van der Waals surface area (Å²) in [4.78, 5) is 22.3. The van der Waals surface area contributed by atoms with Crippen LogP contribution in [0.3, 0.4) is 0 Å². The van der Waals surface area contributed by atoms with E-state index < -0.39 is 5.37 Å². The van der Waals surface area contributed by atoms with Crippen molar-refractivity contribution in [3.63, 3.8) is 0 Å². The second-order valence-corrected chi connectivity index (χ2v) is 3.46. The van der Waals surface area contributed by atoms with Gasteiger partial charge < -0.3 is 4.89 Å². The van der Waals surface area contributed by atoms with Crippen LogP contribution in [0.15, 0.2) is 18.2 Å². The number of anilines is 1. The molecule has 1 aromatic carbocycles. The van der Waals surface area contributed by atoms with Gasteiger partial charge in [0.15, 0.2) is 5.75 Å². The predicted molar refractivity (Wildman–Crippen MR) is 56.1 cm³/mol. The van der Waals surface area contributed by atoms with E-state index in [2.05, 4.69) is 0 Å². The molecule has 0 aliphatic carbocycles. The van der Waals surface area contributed by atoms with Crippen LogP contribution in [0.1, 0.15) is 12.5 Å². The Morgan fingerprint density at radius 3 is 3.07 bits per heavy atom. The molecule has 0 fully saturated rings. The first kappa shape index (κ1) is 10.3. The van der Waals surface area contributed by atoms with Crippen LogP contribution in [-0.2, 0) is 11.5 Å². The number of hydrogen-bond donors (Lipinski definition) is 0. The van der Waals surface area contributed by atoms with Crippen molar-refractivity contribution in [2.75, 3.05) is 11.4 Å². The molecular formula is C10H10ClNO3. The third kappa shape index (κ3) is 1.91. The predicted octanol–water partition coefficient (Wildman–Crippen LogP) is 2.70. The van der Waals surface area contributed by atoms with Gasteiger partial charge in [0.05, 0.1) is 0 Å². The first-order valence-corrected chi connectivity index (χ1v) is 4.99. The summed E-state index contributed by atoms with van der Waals surface area (Å²) in [5.41, 5.74) is 1.68. The van der Waals surface area contributed by atoms with E-state index in [1.54, 1.807) is 6.07 Å². The van der Waals surface area contributed by atoms with Crippen molar-refractivity contribution in [2.45, 2.75) is 13.5 Å². The summed E-state index contributed by atoms with van der Waals surface area (Å²) in [6, 6.07) is 5.42. The smallest absolute Gasteiger partial charge is 0.320 e. The van der Waals surface area contributed by atoms with Crippen LogP contribution in [0.25, 0.3) is 0 Å². The van der Waals surface area contributed by atoms with E-state index in [1.807, 2.05) is 19.1 Å². The Labute approximate surface area is 92.3 Å². The van der Waals surface area contributed by atoms with E-state index in [0.717, 1.165) is 5.56 Å². The molecular weight excluding hydrogens is 218 g/mol. The van der Waals surface area contributed by atoms with E-state index in [9.17, 15) is 4.79 Å². The SMILES string of the molecule is CCN(C(=O)Cl)c1ccc2c(c1)OOC2. The second-order valence-electron chi connectivity index (χ2n) is 3.13. The van der Waals surface area contributed by atoms with Gasteiger partial charge >= 0.3 is 5.37 Å². The van der Waals surface area contributed by atoms with Crippen molar-refractivity contribution >= 4 is 22.7 Å². The monoisotopic (exact) mass is 227 g/mol. The molecule has 0 saturated heterocycles. The summed E-state index contributed by atoms with van der Waals surface area (Å²) < 4.78 is 0. The fourth-order valence-corrected chi connectivity index (χ4v) is 1.69. The van der Waals surface area contributed by atoms with Crippen molar-refractivity contribution in [2.24, 2.45) is 0 Å². The molecule has 1 aromatic rings. The van der Waals surface area contributed by atoms with E-state index >= 15 is 0 Å². The molecule has 80 valence electrons. The Balaban J connectivity index is 2.32. The molecule has 0 N–H and O–H groups in total. The fourth-order valence-electron chi connectivity index (χ4n) is 1.47. The van der Waals surface area contributed by atoms with Gasteiger partial charge in [0.1, 0.15) is 6.61 Å². The van der Waals surface area contributed by atoms with Gasteiger partial charge in [-0.1, -0.05) is 6.07 Å². The topological polar surface area (TPSA) is 38.8 Å². The lowest BCUT2D eigenvalue weighted by atomic mass is 10.2. The molecule has 5 heteroatoms. The number of benzene rings is 1. The summed E-state index contributed by atoms with van der Waals surface area (Å²) >= 11 is 5.44. The van der Waals surface area contributed by atoms with Gasteiger partial charge in [-0.15, -0.1) is 0 Å². The molecule has 0 spiro atoms. The molecule has 2 rings (SSSR count). The molecule has 4 nitrogen and oxygen atoms in total. The van der Waals surface area contributed by atoms with Crippen molar-refractivity contribution in [1.82, 2.24) is 0 Å². The van der Waals surface area contributed by atoms with Gasteiger partial charge in [0.2, 0.25) is 0 Å². The Bertz CT molecular complexity index is 394. The second kappa shape index (κ2) is 4.08. The Kier molecular flexibility index (Phi) is 2.79. The van der Waals surface area contributed by atoms with Gasteiger partial charge in [0, 0.05) is 23.9 Å². The van der Waals surface area contributed by atoms with Crippen LogP contribution in [0.4, 0.5) is 10.5 Å². The Morgan fingerprint density at radius 1 is 1.60 bits per heavy atom. The summed E-state index contributed by atoms with van der Waals surface area (Å²) in [7, 11) is 0. The maximum Gasteiger partial charge on any atom is 0.320 e. The zero-order chi connectivity index (χ0) is 10.8. The molecule has 0 bridgehead atoms. The van der Waals surface area contributed by atoms with E-state index in [4.69, 9.17) is 21.4 Å². The summed E-state index contributed by atoms with van der Waals surface area (Å²) in [5.74, 6) is 0.642. The van der Waals surface area contributed by atoms with Gasteiger partial charge in [-0.05, 0) is 24.6 Å². The molecule has 1 heterocycles. The van der Waals surface area contributed by atoms with E-state index in [0.29, 0.717) is 24.6 Å². The Hall–Kier alpha value is -1.26. The minimum absolute atomic E-state index is 0.441. The third-order valence-electron chi connectivity index (χ3n) is 2.25. The van der Waals surface area contributed by atoms with Gasteiger partial charge in [0.25, 0.3) is 0 Å². The van der Waals surface area contributed by atoms with Gasteiger partial charge in [-0.25, -0.2) is 0 Å². The Morgan fingerprint density at radius 2 is 2.40 bits per heavy atom. The highest BCUT2D eigenvalue weighted by Gasteiger charge is 2.17. The molecule has 1 aliphatic heterocycles. The number of fused-ring (bicyclic) bond motifs is 1. The molecule has 0 saturated carbocycles. The summed E-state index contributed by atoms with van der Waals surface area (Å²) in [5, 5.41) is -0.503. The van der Waals surface area contributed by atoms with Gasteiger partial charge in [-0.2, -0.15) is 4.89 Å². The number of carbonyl (C=O) groups excluding carboxylic acids is 1. The van der Waals surface area contributed by atoms with Gasteiger partial charge in [-0.3, -0.25) is 9.69 Å². The quantitative estimate of drug-likeness (QED) is 0.443. The lowest BCUT2D eigenvalue weighted by molar-refractivity contribution is -0.194. The molecule has 0 atom stereocenters. The van der Waals surface area contributed by atoms with E-state index in [-0.39, 0.29) is 0 Å². The van der Waals surface area contributed by atoms with Crippen LogP contribution in [0.5, 0.6) is 5.75 Å². The molecule has 0 unspecified atom stereocenters. The first-order valence-electron chi connectivity index (χ1n) is 4.61. The third-order valence-corrected chi connectivity index (χ3v) is 2.46. The number of nitrogens with zero attached hydrogens (tertiary/aromatic N) is 1.